The van der Waals surface area contributed by atoms with Gasteiger partial charge in [-0.25, -0.2) is 4.79 Å². The van der Waals surface area contributed by atoms with E-state index in [0.717, 1.165) is 11.1 Å². The average Bonchev–Trinajstić information content (AvgIpc) is 3.05. The summed E-state index contributed by atoms with van der Waals surface area (Å²) in [5, 5.41) is 1.01. The van der Waals surface area contributed by atoms with Crippen molar-refractivity contribution in [1.29, 1.82) is 0 Å². The Hall–Kier alpha value is -1.84. The van der Waals surface area contributed by atoms with E-state index in [-0.39, 0.29) is 22.9 Å². The second kappa shape index (κ2) is 10.4. The molecule has 1 saturated heterocycles. The number of amides is 1. The van der Waals surface area contributed by atoms with Gasteiger partial charge in [0.15, 0.2) is 0 Å². The predicted molar refractivity (Wildman–Crippen MR) is 126 cm³/mol. The van der Waals surface area contributed by atoms with E-state index in [1.54, 1.807) is 23.1 Å². The molecule has 2 atom stereocenters. The number of hydrogen-bond donors (Lipinski definition) is 2. The lowest BCUT2D eigenvalue weighted by molar-refractivity contribution is 0.0290. The van der Waals surface area contributed by atoms with E-state index in [4.69, 9.17) is 38.2 Å². The summed E-state index contributed by atoms with van der Waals surface area (Å²) in [5.41, 5.74) is 7.60. The number of aryl methyl sites for hydroxylation is 1. The highest BCUT2D eigenvalue weighted by Gasteiger charge is 2.36. The summed E-state index contributed by atoms with van der Waals surface area (Å²) < 4.78 is 34.9. The molecule has 32 heavy (non-hydrogen) atoms. The minimum Gasteiger partial charge on any atom is -0.444 e. The average molecular weight is 503 g/mol. The molecule has 1 fully saturated rings. The molecule has 0 bridgehead atoms. The van der Waals surface area contributed by atoms with Crippen molar-refractivity contribution in [3.05, 3.63) is 63.6 Å². The van der Waals surface area contributed by atoms with Gasteiger partial charge in [0, 0.05) is 25.0 Å². The van der Waals surface area contributed by atoms with Gasteiger partial charge < -0.3 is 15.4 Å². The first-order chi connectivity index (χ1) is 14.7. The van der Waals surface area contributed by atoms with Crippen molar-refractivity contribution in [2.75, 3.05) is 13.1 Å². The van der Waals surface area contributed by atoms with Gasteiger partial charge >= 0.3 is 6.09 Å². The Labute approximate surface area is 199 Å². The van der Waals surface area contributed by atoms with Crippen LogP contribution in [-0.2, 0) is 14.9 Å². The van der Waals surface area contributed by atoms with Crippen LogP contribution in [0.4, 0.5) is 4.79 Å². The van der Waals surface area contributed by atoms with Crippen molar-refractivity contribution in [3.8, 4) is 0 Å². The summed E-state index contributed by atoms with van der Waals surface area (Å²) in [6, 6.07) is 11.3. The molecule has 176 valence electrons. The lowest BCUT2D eigenvalue weighted by Gasteiger charge is -2.24. The van der Waals surface area contributed by atoms with Gasteiger partial charge in [0.1, 0.15) is 5.60 Å². The van der Waals surface area contributed by atoms with E-state index in [0.29, 0.717) is 23.1 Å². The third-order valence-corrected chi connectivity index (χ3v) is 6.31. The third-order valence-electron chi connectivity index (χ3n) is 4.71. The highest BCUT2D eigenvalue weighted by atomic mass is 35.5. The number of carbonyl (C=O) groups excluding carboxylic acids is 1. The Morgan fingerprint density at radius 1 is 1.09 bits per heavy atom. The molecule has 3 rings (SSSR count). The van der Waals surface area contributed by atoms with Crippen LogP contribution in [0.1, 0.15) is 37.8 Å². The molecule has 2 aromatic rings. The zero-order valence-electron chi connectivity index (χ0n) is 18.4. The molecular formula is C22H28Cl2N2O5S. The summed E-state index contributed by atoms with van der Waals surface area (Å²) in [6.07, 6.45) is -0.333. The number of rotatable bonds is 2. The summed E-state index contributed by atoms with van der Waals surface area (Å²) in [6.45, 7) is 8.37. The van der Waals surface area contributed by atoms with Crippen LogP contribution in [0.5, 0.6) is 0 Å². The first-order valence-electron chi connectivity index (χ1n) is 9.90. The molecule has 1 aliphatic rings. The van der Waals surface area contributed by atoms with Crippen LogP contribution < -0.4 is 5.73 Å². The van der Waals surface area contributed by atoms with E-state index in [2.05, 4.69) is 0 Å². The molecule has 10 heteroatoms. The van der Waals surface area contributed by atoms with Crippen molar-refractivity contribution < 1.29 is 22.5 Å². The zero-order chi connectivity index (χ0) is 24.3. The van der Waals surface area contributed by atoms with Crippen LogP contribution in [0.25, 0.3) is 0 Å². The second-order valence-corrected chi connectivity index (χ2v) is 10.9. The largest absolute Gasteiger partial charge is 0.444 e. The number of carbonyl (C=O) groups is 1. The van der Waals surface area contributed by atoms with Crippen molar-refractivity contribution in [1.82, 2.24) is 4.90 Å². The fourth-order valence-electron chi connectivity index (χ4n) is 3.11. The van der Waals surface area contributed by atoms with Gasteiger partial charge in [-0.15, -0.1) is 0 Å². The number of nitrogens with zero attached hydrogens (tertiary/aromatic N) is 1. The number of hydrogen-bond acceptors (Lipinski definition) is 5. The highest BCUT2D eigenvalue weighted by molar-refractivity contribution is 7.85. The second-order valence-electron chi connectivity index (χ2n) is 8.62. The fraction of sp³-hybridized carbons (Fsp3) is 0.409. The molecule has 7 nitrogen and oxygen atoms in total. The SMILES string of the molecule is CC(C)(C)OC(=O)N1C[C@@H](N)[C@H](c2ccc(Cl)c(Cl)c2)C1.Cc1ccc(S(=O)(=O)O)cc1. The summed E-state index contributed by atoms with van der Waals surface area (Å²) in [4.78, 5) is 13.7. The van der Waals surface area contributed by atoms with E-state index >= 15 is 0 Å². The Balaban J connectivity index is 0.000000278. The number of nitrogens with two attached hydrogens (primary N) is 1. The van der Waals surface area contributed by atoms with Gasteiger partial charge in [0.2, 0.25) is 0 Å². The monoisotopic (exact) mass is 502 g/mol. The molecule has 2 aromatic carbocycles. The normalized spacial score (nSPS) is 18.7. The van der Waals surface area contributed by atoms with Crippen molar-refractivity contribution in [2.24, 2.45) is 5.73 Å². The first kappa shape index (κ1) is 26.4. The number of likely N-dealkylation sites (tertiary alicyclic amines) is 1. The number of halogens is 2. The molecule has 0 saturated carbocycles. The van der Waals surface area contributed by atoms with Gasteiger partial charge in [-0.3, -0.25) is 4.55 Å². The minimum absolute atomic E-state index is 0.0345. The highest BCUT2D eigenvalue weighted by Crippen LogP contribution is 2.31. The molecule has 0 spiro atoms. The van der Waals surface area contributed by atoms with Crippen LogP contribution in [0.3, 0.4) is 0 Å². The van der Waals surface area contributed by atoms with Gasteiger partial charge in [-0.05, 0) is 57.5 Å². The molecule has 0 aromatic heterocycles. The number of ether oxygens (including phenoxy) is 1. The topological polar surface area (TPSA) is 110 Å². The standard InChI is InChI=1S/C15H20Cl2N2O2.C7H8O3S/c1-15(2,3)21-14(20)19-7-10(13(18)8-19)9-4-5-11(16)12(17)6-9;1-6-2-4-7(5-3-6)11(8,9)10/h4-6,10,13H,7-8,18H2,1-3H3;2-5H,1H3,(H,8,9,10)/t10-,13+;/m0./s1. The zero-order valence-corrected chi connectivity index (χ0v) is 20.7. The third kappa shape index (κ3) is 7.64. The summed E-state index contributed by atoms with van der Waals surface area (Å²) in [7, 11) is -4.02. The Bertz CT molecular complexity index is 1050. The van der Waals surface area contributed by atoms with Gasteiger partial charge in [0.25, 0.3) is 10.1 Å². The van der Waals surface area contributed by atoms with Crippen LogP contribution in [0.15, 0.2) is 47.4 Å². The van der Waals surface area contributed by atoms with Crippen LogP contribution in [-0.4, -0.2) is 48.7 Å². The molecule has 3 N–H and O–H groups in total. The van der Waals surface area contributed by atoms with Crippen LogP contribution >= 0.6 is 23.2 Å². The van der Waals surface area contributed by atoms with Gasteiger partial charge in [0.05, 0.1) is 14.9 Å². The molecular weight excluding hydrogens is 475 g/mol. The van der Waals surface area contributed by atoms with E-state index < -0.39 is 15.7 Å². The predicted octanol–water partition coefficient (Wildman–Crippen LogP) is 4.90. The van der Waals surface area contributed by atoms with E-state index in [1.165, 1.54) is 12.1 Å². The minimum atomic E-state index is -4.02. The molecule has 1 aliphatic heterocycles. The lowest BCUT2D eigenvalue weighted by atomic mass is 9.95. The van der Waals surface area contributed by atoms with Crippen LogP contribution in [0.2, 0.25) is 10.0 Å². The Kier molecular flexibility index (Phi) is 8.58. The smallest absolute Gasteiger partial charge is 0.410 e. The van der Waals surface area contributed by atoms with Crippen molar-refractivity contribution in [2.45, 2.75) is 50.2 Å². The lowest BCUT2D eigenvalue weighted by Crippen LogP contribution is -2.36. The van der Waals surface area contributed by atoms with Crippen molar-refractivity contribution >= 4 is 39.4 Å². The fourth-order valence-corrected chi connectivity index (χ4v) is 3.90. The molecule has 0 unspecified atom stereocenters. The van der Waals surface area contributed by atoms with E-state index in [1.807, 2.05) is 39.8 Å². The summed E-state index contributed by atoms with van der Waals surface area (Å²) in [5.74, 6) is 0.0345. The Morgan fingerprint density at radius 3 is 2.19 bits per heavy atom. The Morgan fingerprint density at radius 2 is 1.69 bits per heavy atom. The summed E-state index contributed by atoms with van der Waals surface area (Å²) >= 11 is 12.0. The first-order valence-corrected chi connectivity index (χ1v) is 12.1. The molecule has 1 heterocycles. The maximum absolute atomic E-state index is 12.1. The van der Waals surface area contributed by atoms with Gasteiger partial charge in [-0.1, -0.05) is 47.0 Å². The molecule has 1 amide bonds. The molecule has 0 aliphatic carbocycles. The maximum Gasteiger partial charge on any atom is 0.410 e. The number of benzene rings is 2. The molecule has 0 radical (unpaired) electrons. The maximum atomic E-state index is 12.1. The quantitative estimate of drug-likeness (QED) is 0.565. The van der Waals surface area contributed by atoms with E-state index in [9.17, 15) is 13.2 Å². The van der Waals surface area contributed by atoms with Crippen molar-refractivity contribution in [3.63, 3.8) is 0 Å². The van der Waals surface area contributed by atoms with Crippen LogP contribution in [0, 0.1) is 6.92 Å². The van der Waals surface area contributed by atoms with Gasteiger partial charge in [-0.2, -0.15) is 8.42 Å².